The normalized spacial score (nSPS) is 21.4. The smallest absolute Gasteiger partial charge is 0.329 e. The van der Waals surface area contributed by atoms with E-state index in [9.17, 15) is 22.8 Å². The van der Waals surface area contributed by atoms with Crippen LogP contribution in [0.1, 0.15) is 18.7 Å². The zero-order valence-corrected chi connectivity index (χ0v) is 15.8. The molecule has 0 radical (unpaired) electrons. The number of piperidine rings is 1. The molecule has 29 heavy (non-hydrogen) atoms. The predicted octanol–water partition coefficient (Wildman–Crippen LogP) is -3.68. The SMILES string of the molecule is NCCn1nnc(CC(=O)NNC(=O)[C@@H]2CC[C@@H]3CN2C(=O)N3OS(=O)(=O)O)n1. The van der Waals surface area contributed by atoms with Gasteiger partial charge in [0, 0.05) is 13.1 Å². The quantitative estimate of drug-likeness (QED) is 0.242. The Morgan fingerprint density at radius 3 is 2.76 bits per heavy atom. The van der Waals surface area contributed by atoms with Gasteiger partial charge in [0.15, 0.2) is 5.82 Å². The number of hydrogen-bond donors (Lipinski definition) is 4. The lowest BCUT2D eigenvalue weighted by molar-refractivity contribution is -0.131. The summed E-state index contributed by atoms with van der Waals surface area (Å²) in [6, 6.07) is -2.44. The summed E-state index contributed by atoms with van der Waals surface area (Å²) in [5.74, 6) is -1.14. The molecule has 2 bridgehead atoms. The standard InChI is InChI=1S/C12H19N9O7S/c13-3-4-20-17-9(14-18-20)5-10(22)15-16-11(23)8-2-1-7-6-19(8)12(24)21(7)28-29(25,26)27/h7-8H,1-6,13H2,(H,15,22)(H,16,23)(H,25,26,27)/t7-,8+/m1/s1. The molecule has 2 aliphatic rings. The predicted molar refractivity (Wildman–Crippen MR) is 90.2 cm³/mol. The first kappa shape index (κ1) is 20.8. The van der Waals surface area contributed by atoms with E-state index in [-0.39, 0.29) is 31.6 Å². The lowest BCUT2D eigenvalue weighted by atomic mass is 10.0. The van der Waals surface area contributed by atoms with Crippen LogP contribution in [0.15, 0.2) is 0 Å². The summed E-state index contributed by atoms with van der Waals surface area (Å²) < 4.78 is 34.8. The lowest BCUT2D eigenvalue weighted by Gasteiger charge is -2.29. The zero-order valence-electron chi connectivity index (χ0n) is 15.0. The summed E-state index contributed by atoms with van der Waals surface area (Å²) in [6.45, 7) is 0.687. The molecule has 5 N–H and O–H groups in total. The van der Waals surface area contributed by atoms with Gasteiger partial charge >= 0.3 is 16.4 Å². The molecule has 0 unspecified atom stereocenters. The third-order valence-electron chi connectivity index (χ3n) is 4.27. The largest absolute Gasteiger partial charge is 0.418 e. The number of rotatable bonds is 7. The molecule has 160 valence electrons. The van der Waals surface area contributed by atoms with Crippen molar-refractivity contribution >= 4 is 28.2 Å². The number of amides is 4. The second-order valence-corrected chi connectivity index (χ2v) is 7.32. The van der Waals surface area contributed by atoms with Crippen LogP contribution in [-0.4, -0.2) is 86.2 Å². The fourth-order valence-electron chi connectivity index (χ4n) is 3.06. The van der Waals surface area contributed by atoms with E-state index in [1.165, 1.54) is 4.80 Å². The summed E-state index contributed by atoms with van der Waals surface area (Å²) in [7, 11) is -4.87. The Morgan fingerprint density at radius 1 is 1.31 bits per heavy atom. The van der Waals surface area contributed by atoms with Crippen LogP contribution >= 0.6 is 0 Å². The zero-order chi connectivity index (χ0) is 21.2. The molecule has 17 heteroatoms. The minimum Gasteiger partial charge on any atom is -0.329 e. The van der Waals surface area contributed by atoms with Crippen molar-refractivity contribution in [2.45, 2.75) is 37.9 Å². The summed E-state index contributed by atoms with van der Waals surface area (Å²) >= 11 is 0. The third kappa shape index (κ3) is 4.94. The number of fused-ring (bicyclic) bond motifs is 2. The molecule has 3 rings (SSSR count). The summed E-state index contributed by atoms with van der Waals surface area (Å²) in [5.41, 5.74) is 9.76. The van der Waals surface area contributed by atoms with Crippen molar-refractivity contribution in [1.29, 1.82) is 0 Å². The number of nitrogens with two attached hydrogens (primary N) is 1. The van der Waals surface area contributed by atoms with Crippen LogP contribution in [-0.2, 0) is 37.2 Å². The Bertz CT molecular complexity index is 903. The Balaban J connectivity index is 1.52. The van der Waals surface area contributed by atoms with Crippen molar-refractivity contribution in [2.24, 2.45) is 5.73 Å². The number of hydroxylamine groups is 2. The highest BCUT2D eigenvalue weighted by atomic mass is 32.3. The fraction of sp³-hybridized carbons (Fsp3) is 0.667. The fourth-order valence-corrected chi connectivity index (χ4v) is 3.45. The van der Waals surface area contributed by atoms with Gasteiger partial charge in [0.25, 0.3) is 5.91 Å². The maximum absolute atomic E-state index is 12.4. The minimum atomic E-state index is -4.87. The van der Waals surface area contributed by atoms with Gasteiger partial charge in [0.05, 0.1) is 19.0 Å². The van der Waals surface area contributed by atoms with E-state index in [1.807, 2.05) is 0 Å². The van der Waals surface area contributed by atoms with E-state index in [0.29, 0.717) is 18.2 Å². The van der Waals surface area contributed by atoms with Gasteiger partial charge in [0.2, 0.25) is 5.91 Å². The molecule has 2 saturated heterocycles. The van der Waals surface area contributed by atoms with Gasteiger partial charge in [-0.3, -0.25) is 25.0 Å². The molecule has 2 atom stereocenters. The van der Waals surface area contributed by atoms with Crippen LogP contribution in [0.25, 0.3) is 0 Å². The van der Waals surface area contributed by atoms with E-state index in [4.69, 9.17) is 10.3 Å². The van der Waals surface area contributed by atoms with Gasteiger partial charge in [-0.05, 0) is 18.1 Å². The van der Waals surface area contributed by atoms with Gasteiger partial charge in [-0.2, -0.15) is 18.3 Å². The maximum atomic E-state index is 12.4. The summed E-state index contributed by atoms with van der Waals surface area (Å²) in [5, 5.41) is 11.8. The molecule has 0 aromatic carbocycles. The van der Waals surface area contributed by atoms with Crippen molar-refractivity contribution in [3.63, 3.8) is 0 Å². The second kappa shape index (κ2) is 8.23. The number of aromatic nitrogens is 4. The van der Waals surface area contributed by atoms with E-state index < -0.39 is 40.3 Å². The van der Waals surface area contributed by atoms with Crippen LogP contribution in [0.5, 0.6) is 0 Å². The lowest BCUT2D eigenvalue weighted by Crippen LogP contribution is -2.54. The molecule has 16 nitrogen and oxygen atoms in total. The number of carbonyl (C=O) groups is 3. The van der Waals surface area contributed by atoms with Crippen LogP contribution in [0.3, 0.4) is 0 Å². The number of urea groups is 1. The first-order valence-corrected chi connectivity index (χ1v) is 9.86. The number of tetrazole rings is 1. The first-order chi connectivity index (χ1) is 13.7. The summed E-state index contributed by atoms with van der Waals surface area (Å²) in [6.07, 6.45) is 0.229. The number of nitrogens with one attached hydrogen (secondary N) is 2. The molecule has 1 aromatic heterocycles. The van der Waals surface area contributed by atoms with Gasteiger partial charge in [0.1, 0.15) is 6.04 Å². The number of carbonyl (C=O) groups excluding carboxylic acids is 3. The van der Waals surface area contributed by atoms with Crippen LogP contribution in [0, 0.1) is 0 Å². The number of nitrogens with zero attached hydrogens (tertiary/aromatic N) is 6. The molecule has 4 amide bonds. The van der Waals surface area contributed by atoms with Crippen LogP contribution in [0.2, 0.25) is 0 Å². The molecule has 0 aliphatic carbocycles. The second-order valence-electron chi connectivity index (χ2n) is 6.31. The van der Waals surface area contributed by atoms with Crippen LogP contribution < -0.4 is 16.6 Å². The number of hydrazine groups is 1. The van der Waals surface area contributed by atoms with Gasteiger partial charge < -0.3 is 10.6 Å². The van der Waals surface area contributed by atoms with E-state index in [1.54, 1.807) is 0 Å². The molecule has 3 heterocycles. The third-order valence-corrected chi connectivity index (χ3v) is 4.62. The van der Waals surface area contributed by atoms with Gasteiger partial charge in [-0.1, -0.05) is 0 Å². The van der Waals surface area contributed by atoms with Gasteiger partial charge in [-0.25, -0.2) is 4.79 Å². The molecular weight excluding hydrogens is 414 g/mol. The topological polar surface area (TPSA) is 215 Å². The molecular formula is C12H19N9O7S. The highest BCUT2D eigenvalue weighted by molar-refractivity contribution is 7.80. The molecule has 0 spiro atoms. The maximum Gasteiger partial charge on any atom is 0.418 e. The van der Waals surface area contributed by atoms with Crippen molar-refractivity contribution in [3.05, 3.63) is 5.82 Å². The first-order valence-electron chi connectivity index (χ1n) is 8.50. The molecule has 2 aliphatic heterocycles. The Hall–Kier alpha value is -2.89. The Labute approximate surface area is 164 Å². The van der Waals surface area contributed by atoms with Gasteiger partial charge in [-0.15, -0.1) is 14.5 Å². The van der Waals surface area contributed by atoms with Crippen LogP contribution in [0.4, 0.5) is 4.79 Å². The van der Waals surface area contributed by atoms with Crippen molar-refractivity contribution < 1.29 is 31.6 Å². The van der Waals surface area contributed by atoms with E-state index in [2.05, 4.69) is 30.5 Å². The average Bonchev–Trinajstić information content (AvgIpc) is 3.17. The average molecular weight is 433 g/mol. The van der Waals surface area contributed by atoms with E-state index >= 15 is 0 Å². The Morgan fingerprint density at radius 2 is 2.07 bits per heavy atom. The molecule has 0 saturated carbocycles. The van der Waals surface area contributed by atoms with Crippen molar-refractivity contribution in [2.75, 3.05) is 13.1 Å². The monoisotopic (exact) mass is 433 g/mol. The number of hydrogen-bond acceptors (Lipinski definition) is 10. The van der Waals surface area contributed by atoms with E-state index in [0.717, 1.165) is 4.90 Å². The van der Waals surface area contributed by atoms with Crippen molar-refractivity contribution in [3.8, 4) is 0 Å². The van der Waals surface area contributed by atoms with Crippen molar-refractivity contribution in [1.82, 2.24) is 41.0 Å². The molecule has 1 aromatic rings. The highest BCUT2D eigenvalue weighted by Crippen LogP contribution is 2.30. The minimum absolute atomic E-state index is 0.0363. The summed E-state index contributed by atoms with van der Waals surface area (Å²) in [4.78, 5) is 38.9. The highest BCUT2D eigenvalue weighted by Gasteiger charge is 2.49. The Kier molecular flexibility index (Phi) is 5.91. The molecule has 2 fully saturated rings.